The third-order valence-corrected chi connectivity index (χ3v) is 3.89. The zero-order chi connectivity index (χ0) is 13.8. The molecule has 1 fully saturated rings. The van der Waals surface area contributed by atoms with Crippen LogP contribution in [0.2, 0.25) is 0 Å². The zero-order valence-electron chi connectivity index (χ0n) is 11.8. The summed E-state index contributed by atoms with van der Waals surface area (Å²) in [6.45, 7) is 6.06. The molecule has 3 heterocycles. The molecule has 3 rings (SSSR count). The van der Waals surface area contributed by atoms with Crippen LogP contribution in [0.25, 0.3) is 0 Å². The highest BCUT2D eigenvalue weighted by molar-refractivity contribution is 5.20. The largest absolute Gasteiger partial charge is 0.314 e. The van der Waals surface area contributed by atoms with E-state index in [1.807, 2.05) is 30.7 Å². The van der Waals surface area contributed by atoms with Crippen molar-refractivity contribution < 1.29 is 0 Å². The van der Waals surface area contributed by atoms with E-state index in [1.54, 1.807) is 0 Å². The first kappa shape index (κ1) is 13.2. The summed E-state index contributed by atoms with van der Waals surface area (Å²) in [6, 6.07) is 8.66. The van der Waals surface area contributed by atoms with Gasteiger partial charge in [0.25, 0.3) is 0 Å². The van der Waals surface area contributed by atoms with Crippen LogP contribution in [0.1, 0.15) is 22.9 Å². The third-order valence-electron chi connectivity index (χ3n) is 3.89. The maximum atomic E-state index is 4.52. The van der Waals surface area contributed by atoms with Gasteiger partial charge in [0.15, 0.2) is 0 Å². The van der Waals surface area contributed by atoms with Gasteiger partial charge in [-0.3, -0.25) is 14.9 Å². The molecule has 0 radical (unpaired) electrons. The second kappa shape index (κ2) is 6.11. The van der Waals surface area contributed by atoms with Gasteiger partial charge in [0.1, 0.15) is 0 Å². The van der Waals surface area contributed by atoms with E-state index in [-0.39, 0.29) is 0 Å². The van der Waals surface area contributed by atoms with Crippen molar-refractivity contribution >= 4 is 0 Å². The fourth-order valence-electron chi connectivity index (χ4n) is 2.71. The number of hydrogen-bond donors (Lipinski definition) is 1. The molecule has 0 bridgehead atoms. The lowest BCUT2D eigenvalue weighted by Crippen LogP contribution is -2.45. The smallest absolute Gasteiger partial charge is 0.0573 e. The number of aromatic nitrogens is 2. The summed E-state index contributed by atoms with van der Waals surface area (Å²) >= 11 is 0. The zero-order valence-corrected chi connectivity index (χ0v) is 11.8. The molecule has 1 aliphatic heterocycles. The van der Waals surface area contributed by atoms with Crippen molar-refractivity contribution in [2.24, 2.45) is 0 Å². The molecule has 1 N–H and O–H groups in total. The van der Waals surface area contributed by atoms with E-state index in [0.29, 0.717) is 6.04 Å². The average Bonchev–Trinajstić information content (AvgIpc) is 2.51. The van der Waals surface area contributed by atoms with Crippen LogP contribution in [0.5, 0.6) is 0 Å². The van der Waals surface area contributed by atoms with Gasteiger partial charge in [-0.05, 0) is 30.2 Å². The summed E-state index contributed by atoms with van der Waals surface area (Å²) in [5, 5.41) is 3.47. The minimum absolute atomic E-state index is 0.374. The lowest BCUT2D eigenvalue weighted by atomic mass is 10.0. The molecule has 20 heavy (non-hydrogen) atoms. The van der Waals surface area contributed by atoms with E-state index < -0.39 is 0 Å². The van der Waals surface area contributed by atoms with Crippen LogP contribution in [0.3, 0.4) is 0 Å². The summed E-state index contributed by atoms with van der Waals surface area (Å²) in [5.41, 5.74) is 3.70. The predicted molar refractivity (Wildman–Crippen MR) is 79.2 cm³/mol. The summed E-state index contributed by atoms with van der Waals surface area (Å²) < 4.78 is 0. The standard InChI is InChI=1S/C16H20N4/c1-13-4-2-7-19-15(13)12-20-9-8-18-11-16(20)14-5-3-6-17-10-14/h2-7,10,16,18H,8-9,11-12H2,1H3. The monoisotopic (exact) mass is 268 g/mol. The molecule has 0 spiro atoms. The van der Waals surface area contributed by atoms with E-state index in [9.17, 15) is 0 Å². The number of aryl methyl sites for hydroxylation is 1. The Hall–Kier alpha value is -1.78. The summed E-state index contributed by atoms with van der Waals surface area (Å²) in [5.74, 6) is 0. The number of nitrogens with one attached hydrogen (secondary N) is 1. The van der Waals surface area contributed by atoms with Crippen molar-refractivity contribution in [1.29, 1.82) is 0 Å². The van der Waals surface area contributed by atoms with Crippen molar-refractivity contribution in [3.05, 3.63) is 59.7 Å². The first-order valence-corrected chi connectivity index (χ1v) is 7.10. The van der Waals surface area contributed by atoms with E-state index >= 15 is 0 Å². The molecule has 2 aromatic heterocycles. The van der Waals surface area contributed by atoms with Crippen molar-refractivity contribution in [3.63, 3.8) is 0 Å². The van der Waals surface area contributed by atoms with E-state index in [1.165, 1.54) is 16.8 Å². The predicted octanol–water partition coefficient (Wildman–Crippen LogP) is 1.93. The van der Waals surface area contributed by atoms with Crippen LogP contribution < -0.4 is 5.32 Å². The minimum atomic E-state index is 0.374. The van der Waals surface area contributed by atoms with Gasteiger partial charge in [-0.2, -0.15) is 0 Å². The Morgan fingerprint density at radius 3 is 3.00 bits per heavy atom. The van der Waals surface area contributed by atoms with Gasteiger partial charge < -0.3 is 5.32 Å². The maximum absolute atomic E-state index is 4.52. The minimum Gasteiger partial charge on any atom is -0.314 e. The molecule has 4 nitrogen and oxygen atoms in total. The van der Waals surface area contributed by atoms with Gasteiger partial charge >= 0.3 is 0 Å². The molecule has 1 saturated heterocycles. The van der Waals surface area contributed by atoms with Gasteiger partial charge in [0.2, 0.25) is 0 Å². The highest BCUT2D eigenvalue weighted by Gasteiger charge is 2.24. The fraction of sp³-hybridized carbons (Fsp3) is 0.375. The van der Waals surface area contributed by atoms with Crippen molar-refractivity contribution in [1.82, 2.24) is 20.2 Å². The first-order chi connectivity index (χ1) is 9.84. The van der Waals surface area contributed by atoms with Crippen LogP contribution in [0, 0.1) is 6.92 Å². The number of rotatable bonds is 3. The Balaban J connectivity index is 1.81. The van der Waals surface area contributed by atoms with Gasteiger partial charge in [0.05, 0.1) is 5.69 Å². The summed E-state index contributed by atoms with van der Waals surface area (Å²) in [4.78, 5) is 11.3. The molecule has 0 aliphatic carbocycles. The number of piperazine rings is 1. The molecule has 4 heteroatoms. The summed E-state index contributed by atoms with van der Waals surface area (Å²) in [7, 11) is 0. The van der Waals surface area contributed by atoms with Crippen LogP contribution in [-0.4, -0.2) is 34.5 Å². The number of pyridine rings is 2. The van der Waals surface area contributed by atoms with Crippen LogP contribution in [-0.2, 0) is 6.54 Å². The average molecular weight is 268 g/mol. The molecule has 0 amide bonds. The van der Waals surface area contributed by atoms with Gasteiger partial charge in [-0.25, -0.2) is 0 Å². The molecule has 1 aliphatic rings. The van der Waals surface area contributed by atoms with Crippen molar-refractivity contribution in [3.8, 4) is 0 Å². The molecule has 0 saturated carbocycles. The molecule has 1 unspecified atom stereocenters. The van der Waals surface area contributed by atoms with Crippen LogP contribution >= 0.6 is 0 Å². The van der Waals surface area contributed by atoms with Gasteiger partial charge in [0, 0.05) is 50.8 Å². The van der Waals surface area contributed by atoms with E-state index in [4.69, 9.17) is 0 Å². The highest BCUT2D eigenvalue weighted by atomic mass is 15.2. The molecule has 2 aromatic rings. The maximum Gasteiger partial charge on any atom is 0.0573 e. The lowest BCUT2D eigenvalue weighted by Gasteiger charge is -2.36. The van der Waals surface area contributed by atoms with Crippen LogP contribution in [0.4, 0.5) is 0 Å². The number of hydrogen-bond acceptors (Lipinski definition) is 4. The topological polar surface area (TPSA) is 41.1 Å². The molecular weight excluding hydrogens is 248 g/mol. The number of nitrogens with zero attached hydrogens (tertiary/aromatic N) is 3. The molecular formula is C16H20N4. The third kappa shape index (κ3) is 2.86. The Morgan fingerprint density at radius 1 is 1.30 bits per heavy atom. The summed E-state index contributed by atoms with van der Waals surface area (Å²) in [6.07, 6.45) is 5.67. The Bertz CT molecular complexity index is 555. The van der Waals surface area contributed by atoms with E-state index in [0.717, 1.165) is 26.2 Å². The first-order valence-electron chi connectivity index (χ1n) is 7.10. The van der Waals surface area contributed by atoms with E-state index in [2.05, 4.69) is 39.2 Å². The Morgan fingerprint density at radius 2 is 2.20 bits per heavy atom. The second-order valence-electron chi connectivity index (χ2n) is 5.24. The quantitative estimate of drug-likeness (QED) is 0.923. The van der Waals surface area contributed by atoms with Gasteiger partial charge in [-0.15, -0.1) is 0 Å². The van der Waals surface area contributed by atoms with Crippen molar-refractivity contribution in [2.45, 2.75) is 19.5 Å². The Labute approximate surface area is 119 Å². The van der Waals surface area contributed by atoms with Crippen molar-refractivity contribution in [2.75, 3.05) is 19.6 Å². The fourth-order valence-corrected chi connectivity index (χ4v) is 2.71. The normalized spacial score (nSPS) is 19.9. The van der Waals surface area contributed by atoms with Crippen LogP contribution in [0.15, 0.2) is 42.9 Å². The van der Waals surface area contributed by atoms with Gasteiger partial charge in [-0.1, -0.05) is 12.1 Å². The molecule has 0 aromatic carbocycles. The SMILES string of the molecule is Cc1cccnc1CN1CCNCC1c1cccnc1. The second-order valence-corrected chi connectivity index (χ2v) is 5.24. The Kier molecular flexibility index (Phi) is 4.04. The lowest BCUT2D eigenvalue weighted by molar-refractivity contribution is 0.151. The molecule has 1 atom stereocenters. The highest BCUT2D eigenvalue weighted by Crippen LogP contribution is 2.23. The molecule has 104 valence electrons.